The van der Waals surface area contributed by atoms with Crippen molar-refractivity contribution in [3.05, 3.63) is 108 Å². The van der Waals surface area contributed by atoms with Crippen molar-refractivity contribution < 1.29 is 33.5 Å². The summed E-state index contributed by atoms with van der Waals surface area (Å²) in [6.45, 7) is 4.43. The number of allylic oxidation sites excluding steroid dienone is 1. The molecule has 0 spiro atoms. The summed E-state index contributed by atoms with van der Waals surface area (Å²) in [7, 11) is 1.66. The van der Waals surface area contributed by atoms with Crippen molar-refractivity contribution in [2.75, 3.05) is 7.11 Å². The number of ether oxygens (including phenoxy) is 6. The molecule has 4 aliphatic rings. The van der Waals surface area contributed by atoms with Gasteiger partial charge in [0.2, 0.25) is 0 Å². The highest BCUT2D eigenvalue weighted by molar-refractivity contribution is 7.99. The molecule has 0 amide bonds. The second-order valence-electron chi connectivity index (χ2n) is 12.5. The van der Waals surface area contributed by atoms with Crippen molar-refractivity contribution in [2.24, 2.45) is 5.92 Å². The lowest BCUT2D eigenvalue weighted by Gasteiger charge is -2.56. The number of thioether (sulfide) groups is 1. The molecule has 2 heterocycles. The van der Waals surface area contributed by atoms with Crippen LogP contribution >= 0.6 is 11.8 Å². The van der Waals surface area contributed by atoms with Gasteiger partial charge in [0.25, 0.3) is 0 Å². The van der Waals surface area contributed by atoms with Gasteiger partial charge in [0.1, 0.15) is 40.7 Å². The Morgan fingerprint density at radius 2 is 1.59 bits per heavy atom. The Labute approximate surface area is 263 Å². The molecule has 3 aromatic rings. The van der Waals surface area contributed by atoms with Crippen molar-refractivity contribution in [3.63, 3.8) is 0 Å². The molecule has 2 aliphatic heterocycles. The van der Waals surface area contributed by atoms with E-state index in [1.54, 1.807) is 18.9 Å². The number of hydrogen-bond donors (Lipinski definition) is 1. The fourth-order valence-corrected chi connectivity index (χ4v) is 8.71. The predicted octanol–water partition coefficient (Wildman–Crippen LogP) is 6.28. The molecule has 0 radical (unpaired) electrons. The summed E-state index contributed by atoms with van der Waals surface area (Å²) in [6, 6.07) is 28.2. The molecule has 8 atom stereocenters. The first-order valence-corrected chi connectivity index (χ1v) is 16.3. The van der Waals surface area contributed by atoms with Crippen LogP contribution in [0.15, 0.2) is 102 Å². The minimum absolute atomic E-state index is 0.285. The largest absolute Gasteiger partial charge is 0.497 e. The van der Waals surface area contributed by atoms with Gasteiger partial charge >= 0.3 is 0 Å². The topological polar surface area (TPSA) is 75.6 Å². The first-order chi connectivity index (χ1) is 21.3. The maximum atomic E-state index is 12.8. The van der Waals surface area contributed by atoms with Crippen LogP contribution in [0.1, 0.15) is 37.8 Å². The minimum Gasteiger partial charge on any atom is -0.497 e. The maximum absolute atomic E-state index is 12.8. The summed E-state index contributed by atoms with van der Waals surface area (Å²) in [5.41, 5.74) is -0.968. The molecule has 1 saturated carbocycles. The smallest absolute Gasteiger partial charge is 0.164 e. The van der Waals surface area contributed by atoms with Gasteiger partial charge in [0.05, 0.1) is 32.3 Å². The third kappa shape index (κ3) is 5.30. The van der Waals surface area contributed by atoms with Crippen molar-refractivity contribution in [3.8, 4) is 5.75 Å². The predicted molar refractivity (Wildman–Crippen MR) is 167 cm³/mol. The van der Waals surface area contributed by atoms with Gasteiger partial charge in [-0.25, -0.2) is 0 Å². The molecule has 0 bridgehead atoms. The second-order valence-corrected chi connectivity index (χ2v) is 13.6. The van der Waals surface area contributed by atoms with Gasteiger partial charge in [-0.2, -0.15) is 0 Å². The molecule has 1 N–H and O–H groups in total. The molecule has 0 aromatic heterocycles. The fraction of sp³-hybridized carbons (Fsp3) is 0.444. The zero-order chi connectivity index (χ0) is 30.4. The Kier molecular flexibility index (Phi) is 8.12. The van der Waals surface area contributed by atoms with E-state index < -0.39 is 46.7 Å². The van der Waals surface area contributed by atoms with E-state index in [0.29, 0.717) is 13.2 Å². The molecule has 7 rings (SSSR count). The number of rotatable bonds is 9. The van der Waals surface area contributed by atoms with E-state index in [1.165, 1.54) is 0 Å². The van der Waals surface area contributed by atoms with Gasteiger partial charge in [0, 0.05) is 4.90 Å². The van der Waals surface area contributed by atoms with Crippen molar-refractivity contribution in [1.82, 2.24) is 0 Å². The lowest BCUT2D eigenvalue weighted by molar-refractivity contribution is -0.271. The lowest BCUT2D eigenvalue weighted by Crippen LogP contribution is -2.75. The lowest BCUT2D eigenvalue weighted by atomic mass is 9.61. The number of benzene rings is 3. The van der Waals surface area contributed by atoms with Gasteiger partial charge in [-0.1, -0.05) is 84.6 Å². The van der Waals surface area contributed by atoms with Crippen LogP contribution in [0.4, 0.5) is 0 Å². The van der Waals surface area contributed by atoms with Crippen LogP contribution in [0.5, 0.6) is 5.75 Å². The Bertz CT molecular complexity index is 1450. The standard InChI is InChI=1S/C36H40O7S/c1-34(2)42-29-31(43-34)35(37)21-11-10-16-28-30(35)36(40-23-24-12-6-4-7-13-24,33(41-28)44-27-14-8-5-9-15-27)32(29)39-22-25-17-19-26(38-3)20-18-25/h4-9,11-15,17-21,28-33,37H,10,16,22-23H2,1-3H3/t28-,29+,30+,31-,32+,33+,35+,36-/m1/s1. The molecule has 44 heavy (non-hydrogen) atoms. The summed E-state index contributed by atoms with van der Waals surface area (Å²) in [5, 5.41) is 12.8. The van der Waals surface area contributed by atoms with Crippen LogP contribution in [0.2, 0.25) is 0 Å². The van der Waals surface area contributed by atoms with Crippen LogP contribution in [0.25, 0.3) is 0 Å². The van der Waals surface area contributed by atoms with Crippen molar-refractivity contribution >= 4 is 11.8 Å². The Morgan fingerprint density at radius 1 is 0.886 bits per heavy atom. The summed E-state index contributed by atoms with van der Waals surface area (Å²) in [4.78, 5) is 1.05. The highest BCUT2D eigenvalue weighted by Crippen LogP contribution is 2.62. The van der Waals surface area contributed by atoms with Crippen LogP contribution < -0.4 is 4.74 Å². The summed E-state index contributed by atoms with van der Waals surface area (Å²) >= 11 is 1.61. The SMILES string of the molecule is COc1ccc(CO[C@H]2[C@H]3OC(C)(C)O[C@H]3[C@]3(O)C=CCC[C@H]4O[C@@H](Sc5ccccc5)[C@@]2(OCc2ccccc2)[C@@H]43)cc1. The van der Waals surface area contributed by atoms with Gasteiger partial charge in [-0.15, -0.1) is 0 Å². The van der Waals surface area contributed by atoms with Gasteiger partial charge in [0.15, 0.2) is 5.79 Å². The molecule has 232 valence electrons. The molecule has 7 nitrogen and oxygen atoms in total. The van der Waals surface area contributed by atoms with Crippen molar-refractivity contribution in [2.45, 2.75) is 91.6 Å². The van der Waals surface area contributed by atoms with E-state index in [9.17, 15) is 5.11 Å². The molecule has 3 aromatic carbocycles. The zero-order valence-electron chi connectivity index (χ0n) is 25.3. The Balaban J connectivity index is 1.36. The van der Waals surface area contributed by atoms with Gasteiger partial charge < -0.3 is 33.5 Å². The van der Waals surface area contributed by atoms with E-state index in [0.717, 1.165) is 34.6 Å². The summed E-state index contributed by atoms with van der Waals surface area (Å²) < 4.78 is 39.8. The summed E-state index contributed by atoms with van der Waals surface area (Å²) in [6.07, 6.45) is 3.29. The van der Waals surface area contributed by atoms with E-state index in [4.69, 9.17) is 28.4 Å². The molecular weight excluding hydrogens is 576 g/mol. The molecule has 0 unspecified atom stereocenters. The van der Waals surface area contributed by atoms with E-state index >= 15 is 0 Å². The van der Waals surface area contributed by atoms with Crippen LogP contribution in [0, 0.1) is 5.92 Å². The molecule has 2 saturated heterocycles. The van der Waals surface area contributed by atoms with Crippen molar-refractivity contribution in [1.29, 1.82) is 0 Å². The van der Waals surface area contributed by atoms with Crippen LogP contribution in [-0.2, 0) is 36.9 Å². The first-order valence-electron chi connectivity index (χ1n) is 15.4. The average Bonchev–Trinajstić information content (AvgIpc) is 3.47. The van der Waals surface area contributed by atoms with Gasteiger partial charge in [-0.05, 0) is 62.1 Å². The van der Waals surface area contributed by atoms with E-state index in [-0.39, 0.29) is 6.10 Å². The quantitative estimate of drug-likeness (QED) is 0.282. The number of aliphatic hydroxyl groups is 1. The highest BCUT2D eigenvalue weighted by atomic mass is 32.2. The van der Waals surface area contributed by atoms with E-state index in [1.807, 2.05) is 86.7 Å². The van der Waals surface area contributed by atoms with E-state index in [2.05, 4.69) is 24.3 Å². The van der Waals surface area contributed by atoms with Crippen LogP contribution in [-0.4, -0.2) is 59.1 Å². The second kappa shape index (κ2) is 11.9. The van der Waals surface area contributed by atoms with Gasteiger partial charge in [-0.3, -0.25) is 0 Å². The third-order valence-corrected chi connectivity index (χ3v) is 10.5. The normalized spacial score (nSPS) is 35.1. The first kappa shape index (κ1) is 30.0. The minimum atomic E-state index is -1.40. The number of fused-ring (bicyclic) bond motifs is 2. The monoisotopic (exact) mass is 616 g/mol. The molecule has 2 aliphatic carbocycles. The number of hydrogen-bond acceptors (Lipinski definition) is 8. The third-order valence-electron chi connectivity index (χ3n) is 9.26. The fourth-order valence-electron chi connectivity index (χ4n) is 7.42. The molecule has 3 fully saturated rings. The molecule has 8 heteroatoms. The van der Waals surface area contributed by atoms with Crippen LogP contribution in [0.3, 0.4) is 0 Å². The average molecular weight is 617 g/mol. The Morgan fingerprint density at radius 3 is 2.32 bits per heavy atom. The maximum Gasteiger partial charge on any atom is 0.164 e. The molecular formula is C36H40O7S. The summed E-state index contributed by atoms with van der Waals surface area (Å²) in [5.74, 6) is -0.617. The Hall–Kier alpha value is -2.69. The highest BCUT2D eigenvalue weighted by Gasteiger charge is 2.77. The zero-order valence-corrected chi connectivity index (χ0v) is 26.2. The number of methoxy groups -OCH3 is 1.